The number of hydrogen-bond donors (Lipinski definition) is 1. The van der Waals surface area contributed by atoms with Crippen molar-refractivity contribution >= 4 is 22.2 Å². The summed E-state index contributed by atoms with van der Waals surface area (Å²) in [5.74, 6) is -0.445. The molecule has 0 aliphatic heterocycles. The SMILES string of the molecule is Fc1cc2c(-c3cccs3)c[nH]c2cn1. The number of aromatic nitrogens is 2. The van der Waals surface area contributed by atoms with E-state index in [1.807, 2.05) is 23.7 Å². The zero-order chi connectivity index (χ0) is 10.3. The van der Waals surface area contributed by atoms with Crippen molar-refractivity contribution in [3.8, 4) is 10.4 Å². The molecule has 0 radical (unpaired) electrons. The summed E-state index contributed by atoms with van der Waals surface area (Å²) in [5.41, 5.74) is 1.89. The number of nitrogens with zero attached hydrogens (tertiary/aromatic N) is 1. The Labute approximate surface area is 89.4 Å². The molecule has 1 N–H and O–H groups in total. The highest BCUT2D eigenvalue weighted by atomic mass is 32.1. The first kappa shape index (κ1) is 8.61. The number of thiophene rings is 1. The Morgan fingerprint density at radius 1 is 1.40 bits per heavy atom. The quantitative estimate of drug-likeness (QED) is 0.623. The van der Waals surface area contributed by atoms with Crippen molar-refractivity contribution in [1.82, 2.24) is 9.97 Å². The zero-order valence-corrected chi connectivity index (χ0v) is 8.51. The Hall–Kier alpha value is -1.68. The molecule has 0 amide bonds. The van der Waals surface area contributed by atoms with E-state index < -0.39 is 5.95 Å². The van der Waals surface area contributed by atoms with Crippen LogP contribution in [0.4, 0.5) is 4.39 Å². The zero-order valence-electron chi connectivity index (χ0n) is 7.70. The Kier molecular flexibility index (Phi) is 1.82. The third kappa shape index (κ3) is 1.34. The molecule has 0 spiro atoms. The third-order valence-electron chi connectivity index (χ3n) is 2.32. The largest absolute Gasteiger partial charge is 0.359 e. The fourth-order valence-corrected chi connectivity index (χ4v) is 2.39. The molecule has 0 fully saturated rings. The molecule has 0 saturated carbocycles. The van der Waals surface area contributed by atoms with Crippen LogP contribution in [0.1, 0.15) is 0 Å². The molecular formula is C11H7FN2S. The van der Waals surface area contributed by atoms with Gasteiger partial charge in [0.2, 0.25) is 5.95 Å². The summed E-state index contributed by atoms with van der Waals surface area (Å²) in [5, 5.41) is 2.89. The van der Waals surface area contributed by atoms with Gasteiger partial charge in [0.05, 0.1) is 11.7 Å². The van der Waals surface area contributed by atoms with Crippen LogP contribution in [0, 0.1) is 5.95 Å². The van der Waals surface area contributed by atoms with Crippen LogP contribution < -0.4 is 0 Å². The fraction of sp³-hybridized carbons (Fsp3) is 0. The minimum absolute atomic E-state index is 0.445. The topological polar surface area (TPSA) is 28.7 Å². The van der Waals surface area contributed by atoms with Crippen molar-refractivity contribution in [2.24, 2.45) is 0 Å². The van der Waals surface area contributed by atoms with E-state index in [0.717, 1.165) is 21.3 Å². The first-order chi connectivity index (χ1) is 7.34. The highest BCUT2D eigenvalue weighted by molar-refractivity contribution is 7.13. The number of hydrogen-bond acceptors (Lipinski definition) is 2. The summed E-state index contributed by atoms with van der Waals surface area (Å²) in [7, 11) is 0. The maximum absolute atomic E-state index is 13.0. The van der Waals surface area contributed by atoms with E-state index in [-0.39, 0.29) is 0 Å². The lowest BCUT2D eigenvalue weighted by atomic mass is 10.2. The van der Waals surface area contributed by atoms with Crippen molar-refractivity contribution in [1.29, 1.82) is 0 Å². The van der Waals surface area contributed by atoms with Gasteiger partial charge in [0.1, 0.15) is 0 Å². The molecule has 3 aromatic heterocycles. The van der Waals surface area contributed by atoms with Crippen molar-refractivity contribution in [2.75, 3.05) is 0 Å². The number of halogens is 1. The molecule has 0 saturated heterocycles. The summed E-state index contributed by atoms with van der Waals surface area (Å²) >= 11 is 1.64. The fourth-order valence-electron chi connectivity index (χ4n) is 1.63. The Balaban J connectivity index is 2.32. The summed E-state index contributed by atoms with van der Waals surface area (Å²) < 4.78 is 13.0. The van der Waals surface area contributed by atoms with Gasteiger partial charge < -0.3 is 4.98 Å². The van der Waals surface area contributed by atoms with Crippen molar-refractivity contribution in [3.05, 3.63) is 41.9 Å². The number of nitrogens with one attached hydrogen (secondary N) is 1. The smallest absolute Gasteiger partial charge is 0.213 e. The van der Waals surface area contributed by atoms with Gasteiger partial charge in [-0.05, 0) is 11.4 Å². The van der Waals surface area contributed by atoms with Crippen LogP contribution in [0.2, 0.25) is 0 Å². The average molecular weight is 218 g/mol. The van der Waals surface area contributed by atoms with Gasteiger partial charge in [0.25, 0.3) is 0 Å². The molecule has 0 atom stereocenters. The molecule has 0 aliphatic carbocycles. The Bertz CT molecular complexity index is 598. The lowest BCUT2D eigenvalue weighted by molar-refractivity contribution is 0.586. The molecule has 0 bridgehead atoms. The summed E-state index contributed by atoms with van der Waals surface area (Å²) in [6.45, 7) is 0. The first-order valence-corrected chi connectivity index (χ1v) is 5.39. The van der Waals surface area contributed by atoms with E-state index in [4.69, 9.17) is 0 Å². The van der Waals surface area contributed by atoms with Crippen LogP contribution in [0.3, 0.4) is 0 Å². The number of rotatable bonds is 1. The molecule has 3 heterocycles. The second-order valence-corrected chi connectivity index (χ2v) is 4.18. The van der Waals surface area contributed by atoms with Crippen molar-refractivity contribution in [2.45, 2.75) is 0 Å². The van der Waals surface area contributed by atoms with E-state index in [1.54, 1.807) is 11.3 Å². The standard InChI is InChI=1S/C11H7FN2S/c12-11-4-7-8(10-2-1-3-15-10)5-13-9(7)6-14-11/h1-6,13H. The van der Waals surface area contributed by atoms with E-state index >= 15 is 0 Å². The van der Waals surface area contributed by atoms with Crippen LogP contribution in [0.15, 0.2) is 36.0 Å². The molecule has 0 aromatic carbocycles. The van der Waals surface area contributed by atoms with Crippen LogP contribution in [-0.4, -0.2) is 9.97 Å². The highest BCUT2D eigenvalue weighted by Gasteiger charge is 2.07. The Morgan fingerprint density at radius 3 is 3.13 bits per heavy atom. The maximum atomic E-state index is 13.0. The van der Waals surface area contributed by atoms with Gasteiger partial charge in [0.15, 0.2) is 0 Å². The Morgan fingerprint density at radius 2 is 2.33 bits per heavy atom. The minimum atomic E-state index is -0.445. The monoisotopic (exact) mass is 218 g/mol. The second-order valence-electron chi connectivity index (χ2n) is 3.23. The first-order valence-electron chi connectivity index (χ1n) is 4.51. The van der Waals surface area contributed by atoms with E-state index in [0.29, 0.717) is 0 Å². The van der Waals surface area contributed by atoms with Gasteiger partial charge in [-0.25, -0.2) is 4.98 Å². The number of pyridine rings is 1. The highest BCUT2D eigenvalue weighted by Crippen LogP contribution is 2.31. The number of H-pyrrole nitrogens is 1. The molecule has 0 aliphatic rings. The van der Waals surface area contributed by atoms with Gasteiger partial charge in [0, 0.05) is 28.1 Å². The van der Waals surface area contributed by atoms with E-state index in [2.05, 4.69) is 9.97 Å². The van der Waals surface area contributed by atoms with E-state index in [9.17, 15) is 4.39 Å². The van der Waals surface area contributed by atoms with Crippen LogP contribution in [0.5, 0.6) is 0 Å². The maximum Gasteiger partial charge on any atom is 0.213 e. The van der Waals surface area contributed by atoms with Gasteiger partial charge in [-0.3, -0.25) is 0 Å². The van der Waals surface area contributed by atoms with Crippen molar-refractivity contribution in [3.63, 3.8) is 0 Å². The number of fused-ring (bicyclic) bond motifs is 1. The lowest BCUT2D eigenvalue weighted by Gasteiger charge is -1.94. The van der Waals surface area contributed by atoms with Crippen LogP contribution >= 0.6 is 11.3 Å². The molecule has 3 rings (SSSR count). The second kappa shape index (κ2) is 3.17. The molecule has 4 heteroatoms. The molecule has 74 valence electrons. The van der Waals surface area contributed by atoms with Gasteiger partial charge in [-0.1, -0.05) is 6.07 Å². The summed E-state index contributed by atoms with van der Waals surface area (Å²) in [4.78, 5) is 7.82. The van der Waals surface area contributed by atoms with Gasteiger partial charge in [-0.15, -0.1) is 11.3 Å². The normalized spacial score (nSPS) is 11.0. The average Bonchev–Trinajstić information content (AvgIpc) is 2.83. The van der Waals surface area contributed by atoms with Crippen molar-refractivity contribution < 1.29 is 4.39 Å². The number of aromatic amines is 1. The predicted octanol–water partition coefficient (Wildman–Crippen LogP) is 3.43. The molecule has 0 unspecified atom stereocenters. The summed E-state index contributed by atoms with van der Waals surface area (Å²) in [6.07, 6.45) is 3.40. The molecule has 3 aromatic rings. The van der Waals surface area contributed by atoms with E-state index in [1.165, 1.54) is 12.3 Å². The lowest BCUT2D eigenvalue weighted by Crippen LogP contribution is -1.80. The molecular weight excluding hydrogens is 211 g/mol. The van der Waals surface area contributed by atoms with Crippen LogP contribution in [0.25, 0.3) is 21.3 Å². The van der Waals surface area contributed by atoms with Gasteiger partial charge in [-0.2, -0.15) is 4.39 Å². The minimum Gasteiger partial charge on any atom is -0.359 e. The third-order valence-corrected chi connectivity index (χ3v) is 3.22. The predicted molar refractivity (Wildman–Crippen MR) is 59.4 cm³/mol. The summed E-state index contributed by atoms with van der Waals surface area (Å²) in [6, 6.07) is 5.46. The van der Waals surface area contributed by atoms with Crippen LogP contribution in [-0.2, 0) is 0 Å². The van der Waals surface area contributed by atoms with Gasteiger partial charge >= 0.3 is 0 Å². The molecule has 15 heavy (non-hydrogen) atoms. The molecule has 2 nitrogen and oxygen atoms in total.